The SMILES string of the molecule is COCCNc1ccc(S(=O)(=O)NC[C@H]2CCCO2)cc1C(=O)O. The molecular formula is C15H22N2O6S. The molecule has 0 radical (unpaired) electrons. The van der Waals surface area contributed by atoms with Gasteiger partial charge in [0, 0.05) is 32.5 Å². The second-order valence-corrected chi connectivity index (χ2v) is 7.19. The molecular weight excluding hydrogens is 336 g/mol. The Hall–Kier alpha value is -1.68. The maximum absolute atomic E-state index is 12.3. The van der Waals surface area contributed by atoms with Crippen molar-refractivity contribution in [3.8, 4) is 0 Å². The molecule has 3 N–H and O–H groups in total. The van der Waals surface area contributed by atoms with Crippen LogP contribution in [-0.2, 0) is 19.5 Å². The molecule has 1 fully saturated rings. The van der Waals surface area contributed by atoms with Crippen LogP contribution < -0.4 is 10.0 Å². The highest BCUT2D eigenvalue weighted by Crippen LogP contribution is 2.21. The minimum absolute atomic E-state index is 0.0878. The Bertz CT molecular complexity index is 671. The van der Waals surface area contributed by atoms with E-state index in [-0.39, 0.29) is 23.1 Å². The predicted octanol–water partition coefficient (Wildman–Crippen LogP) is 0.900. The highest BCUT2D eigenvalue weighted by Gasteiger charge is 2.22. The number of aromatic carboxylic acids is 1. The van der Waals surface area contributed by atoms with Crippen molar-refractivity contribution in [2.24, 2.45) is 0 Å². The van der Waals surface area contributed by atoms with E-state index in [2.05, 4.69) is 10.0 Å². The van der Waals surface area contributed by atoms with Gasteiger partial charge in [-0.2, -0.15) is 0 Å². The van der Waals surface area contributed by atoms with Crippen LogP contribution in [0.2, 0.25) is 0 Å². The summed E-state index contributed by atoms with van der Waals surface area (Å²) in [5.41, 5.74) is 0.240. The maximum Gasteiger partial charge on any atom is 0.337 e. The van der Waals surface area contributed by atoms with Crippen molar-refractivity contribution < 1.29 is 27.8 Å². The van der Waals surface area contributed by atoms with Gasteiger partial charge in [-0.1, -0.05) is 0 Å². The van der Waals surface area contributed by atoms with Crippen LogP contribution in [0.5, 0.6) is 0 Å². The zero-order chi connectivity index (χ0) is 17.6. The summed E-state index contributed by atoms with van der Waals surface area (Å²) in [5.74, 6) is -1.20. The smallest absolute Gasteiger partial charge is 0.337 e. The van der Waals surface area contributed by atoms with E-state index in [9.17, 15) is 18.3 Å². The van der Waals surface area contributed by atoms with E-state index in [1.807, 2.05) is 0 Å². The van der Waals surface area contributed by atoms with Crippen LogP contribution in [0.15, 0.2) is 23.1 Å². The molecule has 2 rings (SSSR count). The molecule has 0 amide bonds. The Kier molecular flexibility index (Phi) is 6.55. The first-order valence-electron chi connectivity index (χ1n) is 7.65. The first-order chi connectivity index (χ1) is 11.4. The third-order valence-electron chi connectivity index (χ3n) is 3.68. The zero-order valence-corrected chi connectivity index (χ0v) is 14.3. The molecule has 0 aliphatic carbocycles. The Morgan fingerprint density at radius 1 is 1.46 bits per heavy atom. The van der Waals surface area contributed by atoms with Crippen molar-refractivity contribution in [3.05, 3.63) is 23.8 Å². The molecule has 1 aliphatic heterocycles. The topological polar surface area (TPSA) is 114 Å². The number of nitrogens with one attached hydrogen (secondary N) is 2. The van der Waals surface area contributed by atoms with Crippen LogP contribution in [0.3, 0.4) is 0 Å². The zero-order valence-electron chi connectivity index (χ0n) is 13.4. The first-order valence-corrected chi connectivity index (χ1v) is 9.14. The standard InChI is InChI=1S/C15H22N2O6S/c1-22-8-6-16-14-5-4-12(9-13(14)15(18)19)24(20,21)17-10-11-3-2-7-23-11/h4-5,9,11,16-17H,2-3,6-8,10H2,1H3,(H,18,19)/t11-/m1/s1. The monoisotopic (exact) mass is 358 g/mol. The number of carboxylic acids is 1. The third kappa shape index (κ3) is 4.91. The minimum atomic E-state index is -3.79. The fourth-order valence-electron chi connectivity index (χ4n) is 2.40. The van der Waals surface area contributed by atoms with Gasteiger partial charge < -0.3 is 19.9 Å². The Morgan fingerprint density at radius 2 is 2.25 bits per heavy atom. The number of hydrogen-bond acceptors (Lipinski definition) is 6. The second kappa shape index (κ2) is 8.43. The van der Waals surface area contributed by atoms with Gasteiger partial charge in [0.25, 0.3) is 0 Å². The summed E-state index contributed by atoms with van der Waals surface area (Å²) in [6.07, 6.45) is 1.59. The lowest BCUT2D eigenvalue weighted by Gasteiger charge is -2.14. The van der Waals surface area contributed by atoms with Crippen molar-refractivity contribution >= 4 is 21.7 Å². The largest absolute Gasteiger partial charge is 0.478 e. The third-order valence-corrected chi connectivity index (χ3v) is 5.10. The summed E-state index contributed by atoms with van der Waals surface area (Å²) in [7, 11) is -2.25. The molecule has 0 bridgehead atoms. The molecule has 0 aromatic heterocycles. The van der Waals surface area contributed by atoms with Crippen molar-refractivity contribution in [1.82, 2.24) is 4.72 Å². The van der Waals surface area contributed by atoms with Gasteiger partial charge in [-0.15, -0.1) is 0 Å². The molecule has 1 aromatic rings. The van der Waals surface area contributed by atoms with Crippen molar-refractivity contribution in [2.75, 3.05) is 38.7 Å². The normalized spacial score (nSPS) is 17.8. The van der Waals surface area contributed by atoms with Crippen LogP contribution in [0.1, 0.15) is 23.2 Å². The predicted molar refractivity (Wildman–Crippen MR) is 87.9 cm³/mol. The summed E-state index contributed by atoms with van der Waals surface area (Å²) in [6.45, 7) is 1.64. The summed E-state index contributed by atoms with van der Waals surface area (Å²) in [5, 5.41) is 12.2. The molecule has 9 heteroatoms. The molecule has 1 saturated heterocycles. The van der Waals surface area contributed by atoms with E-state index in [1.165, 1.54) is 19.2 Å². The van der Waals surface area contributed by atoms with Gasteiger partial charge in [0.05, 0.1) is 23.2 Å². The number of sulfonamides is 1. The number of ether oxygens (including phenoxy) is 2. The van der Waals surface area contributed by atoms with Gasteiger partial charge in [-0.3, -0.25) is 0 Å². The van der Waals surface area contributed by atoms with Gasteiger partial charge in [0.2, 0.25) is 10.0 Å². The number of carbonyl (C=O) groups is 1. The fraction of sp³-hybridized carbons (Fsp3) is 0.533. The molecule has 24 heavy (non-hydrogen) atoms. The highest BCUT2D eigenvalue weighted by molar-refractivity contribution is 7.89. The number of rotatable bonds is 9. The molecule has 1 heterocycles. The number of methoxy groups -OCH3 is 1. The molecule has 0 spiro atoms. The van der Waals surface area contributed by atoms with Crippen molar-refractivity contribution in [1.29, 1.82) is 0 Å². The number of carboxylic acid groups (broad SMARTS) is 1. The average Bonchev–Trinajstić information content (AvgIpc) is 3.07. The highest BCUT2D eigenvalue weighted by atomic mass is 32.2. The first kappa shape index (κ1) is 18.7. The van der Waals surface area contributed by atoms with Crippen LogP contribution in [0, 0.1) is 0 Å². The Balaban J connectivity index is 2.13. The van der Waals surface area contributed by atoms with E-state index in [0.29, 0.717) is 25.4 Å². The van der Waals surface area contributed by atoms with Gasteiger partial charge in [0.1, 0.15) is 0 Å². The number of benzene rings is 1. The van der Waals surface area contributed by atoms with Gasteiger partial charge in [0.15, 0.2) is 0 Å². The molecule has 0 unspecified atom stereocenters. The van der Waals surface area contributed by atoms with Gasteiger partial charge >= 0.3 is 5.97 Å². The molecule has 8 nitrogen and oxygen atoms in total. The van der Waals surface area contributed by atoms with Crippen molar-refractivity contribution in [2.45, 2.75) is 23.8 Å². The van der Waals surface area contributed by atoms with E-state index < -0.39 is 16.0 Å². The molecule has 0 saturated carbocycles. The quantitative estimate of drug-likeness (QED) is 0.562. The Morgan fingerprint density at radius 3 is 2.88 bits per heavy atom. The Labute approximate surface area is 141 Å². The van der Waals surface area contributed by atoms with Gasteiger partial charge in [-0.25, -0.2) is 17.9 Å². The van der Waals surface area contributed by atoms with E-state index in [0.717, 1.165) is 18.9 Å². The summed E-state index contributed by atoms with van der Waals surface area (Å²) in [4.78, 5) is 11.3. The fourth-order valence-corrected chi connectivity index (χ4v) is 3.49. The van der Waals surface area contributed by atoms with Crippen molar-refractivity contribution in [3.63, 3.8) is 0 Å². The summed E-state index contributed by atoms with van der Waals surface area (Å²) < 4.78 is 37.4. The lowest BCUT2D eigenvalue weighted by molar-refractivity contribution is 0.0697. The number of hydrogen-bond donors (Lipinski definition) is 3. The molecule has 1 aromatic carbocycles. The van der Waals surface area contributed by atoms with E-state index in [4.69, 9.17) is 9.47 Å². The van der Waals surface area contributed by atoms with Crippen LogP contribution in [-0.4, -0.2) is 59.0 Å². The molecule has 1 atom stereocenters. The summed E-state index contributed by atoms with van der Waals surface area (Å²) in [6, 6.07) is 3.97. The second-order valence-electron chi connectivity index (χ2n) is 5.42. The maximum atomic E-state index is 12.3. The molecule has 1 aliphatic rings. The lowest BCUT2D eigenvalue weighted by atomic mass is 10.2. The number of anilines is 1. The summed E-state index contributed by atoms with van der Waals surface area (Å²) >= 11 is 0. The van der Waals surface area contributed by atoms with Crippen LogP contribution in [0.4, 0.5) is 5.69 Å². The molecule has 134 valence electrons. The van der Waals surface area contributed by atoms with E-state index >= 15 is 0 Å². The van der Waals surface area contributed by atoms with Crippen LogP contribution in [0.25, 0.3) is 0 Å². The van der Waals surface area contributed by atoms with Gasteiger partial charge in [-0.05, 0) is 31.0 Å². The minimum Gasteiger partial charge on any atom is -0.478 e. The lowest BCUT2D eigenvalue weighted by Crippen LogP contribution is -2.32. The average molecular weight is 358 g/mol. The van der Waals surface area contributed by atoms with E-state index in [1.54, 1.807) is 0 Å². The van der Waals surface area contributed by atoms with Crippen LogP contribution >= 0.6 is 0 Å².